The van der Waals surface area contributed by atoms with Crippen molar-refractivity contribution in [2.75, 3.05) is 12.0 Å². The van der Waals surface area contributed by atoms with Crippen LogP contribution in [0, 0.1) is 0 Å². The second-order valence-corrected chi connectivity index (χ2v) is 8.94. The van der Waals surface area contributed by atoms with Crippen LogP contribution < -0.4 is 27.4 Å². The number of hydrogen-bond acceptors (Lipinski definition) is 8. The van der Waals surface area contributed by atoms with E-state index >= 15 is 0 Å². The van der Waals surface area contributed by atoms with Crippen LogP contribution in [0.15, 0.2) is 24.3 Å². The third kappa shape index (κ3) is 11.1. The van der Waals surface area contributed by atoms with Gasteiger partial charge in [0, 0.05) is 12.8 Å². The number of phenols is 1. The highest BCUT2D eigenvalue weighted by molar-refractivity contribution is 7.98. The number of nitrogens with one attached hydrogen (secondary N) is 3. The fraction of sp³-hybridized carbons (Fsp3) is 0.500. The number of benzene rings is 1. The van der Waals surface area contributed by atoms with Gasteiger partial charge < -0.3 is 37.6 Å². The predicted octanol–water partition coefficient (Wildman–Crippen LogP) is -1.16. The second kappa shape index (κ2) is 14.8. The molecule has 1 aromatic rings. The molecule has 0 aliphatic carbocycles. The van der Waals surface area contributed by atoms with Gasteiger partial charge in [0.25, 0.3) is 0 Å². The number of phenolic OH excluding ortho intramolecular Hbond substituents is 1. The molecule has 13 heteroatoms. The van der Waals surface area contributed by atoms with E-state index in [2.05, 4.69) is 16.0 Å². The van der Waals surface area contributed by atoms with E-state index < -0.39 is 53.8 Å². The normalized spacial score (nSPS) is 14.1. The summed E-state index contributed by atoms with van der Waals surface area (Å²) in [6.45, 7) is 1.39. The van der Waals surface area contributed by atoms with Crippen molar-refractivity contribution < 1.29 is 34.2 Å². The molecule has 0 fully saturated rings. The maximum atomic E-state index is 13.0. The number of carboxylic acid groups (broad SMARTS) is 1. The van der Waals surface area contributed by atoms with Crippen LogP contribution in [-0.4, -0.2) is 76.0 Å². The Morgan fingerprint density at radius 1 is 0.943 bits per heavy atom. The number of hydrogen-bond donors (Lipinski definition) is 7. The van der Waals surface area contributed by atoms with E-state index in [0.29, 0.717) is 11.3 Å². The molecular formula is C22H33N5O7S. The van der Waals surface area contributed by atoms with Crippen LogP contribution >= 0.6 is 11.8 Å². The summed E-state index contributed by atoms with van der Waals surface area (Å²) in [5.41, 5.74) is 11.5. The van der Waals surface area contributed by atoms with E-state index in [-0.39, 0.29) is 31.4 Å². The Bertz CT molecular complexity index is 897. The number of carbonyl (C=O) groups excluding carboxylic acids is 4. The van der Waals surface area contributed by atoms with Gasteiger partial charge in [-0.15, -0.1) is 0 Å². The van der Waals surface area contributed by atoms with Gasteiger partial charge in [-0.25, -0.2) is 4.79 Å². The number of carbonyl (C=O) groups is 5. The van der Waals surface area contributed by atoms with E-state index in [1.807, 2.05) is 6.26 Å². The van der Waals surface area contributed by atoms with Gasteiger partial charge in [0.1, 0.15) is 23.9 Å². The highest BCUT2D eigenvalue weighted by atomic mass is 32.2. The third-order valence-corrected chi connectivity index (χ3v) is 5.67. The molecule has 1 aromatic carbocycles. The summed E-state index contributed by atoms with van der Waals surface area (Å²) in [6.07, 6.45) is 1.92. The number of nitrogens with two attached hydrogens (primary N) is 2. The van der Waals surface area contributed by atoms with Gasteiger partial charge in [-0.1, -0.05) is 12.1 Å². The number of primary amides is 1. The lowest BCUT2D eigenvalue weighted by atomic mass is 10.0. The lowest BCUT2D eigenvalue weighted by molar-refractivity contribution is -0.142. The molecule has 0 aliphatic heterocycles. The molecule has 4 amide bonds. The van der Waals surface area contributed by atoms with Crippen LogP contribution in [0.25, 0.3) is 0 Å². The van der Waals surface area contributed by atoms with Gasteiger partial charge >= 0.3 is 5.97 Å². The molecule has 35 heavy (non-hydrogen) atoms. The minimum atomic E-state index is -1.19. The zero-order chi connectivity index (χ0) is 26.5. The van der Waals surface area contributed by atoms with Crippen molar-refractivity contribution >= 4 is 41.4 Å². The van der Waals surface area contributed by atoms with Gasteiger partial charge in [-0.3, -0.25) is 19.2 Å². The molecule has 4 atom stereocenters. The number of amides is 4. The Kier molecular flexibility index (Phi) is 12.6. The highest BCUT2D eigenvalue weighted by Gasteiger charge is 2.28. The molecule has 12 nitrogen and oxygen atoms in total. The fourth-order valence-corrected chi connectivity index (χ4v) is 3.43. The Morgan fingerprint density at radius 3 is 2.09 bits per heavy atom. The molecule has 0 heterocycles. The smallest absolute Gasteiger partial charge is 0.326 e. The largest absolute Gasteiger partial charge is 0.508 e. The van der Waals surface area contributed by atoms with Crippen LogP contribution in [0.2, 0.25) is 0 Å². The average Bonchev–Trinajstić information content (AvgIpc) is 2.80. The Labute approximate surface area is 207 Å². The summed E-state index contributed by atoms with van der Waals surface area (Å²) in [4.78, 5) is 60.3. The van der Waals surface area contributed by atoms with E-state index in [0.717, 1.165) is 0 Å². The Morgan fingerprint density at radius 2 is 1.54 bits per heavy atom. The molecule has 1 rings (SSSR count). The molecule has 194 valence electrons. The van der Waals surface area contributed by atoms with Gasteiger partial charge in [0.15, 0.2) is 0 Å². The molecule has 0 aliphatic rings. The summed E-state index contributed by atoms with van der Waals surface area (Å²) in [7, 11) is 0. The zero-order valence-electron chi connectivity index (χ0n) is 19.7. The molecule has 0 saturated heterocycles. The number of thioether (sulfide) groups is 1. The van der Waals surface area contributed by atoms with E-state index in [9.17, 15) is 34.2 Å². The van der Waals surface area contributed by atoms with Crippen molar-refractivity contribution in [1.82, 2.24) is 16.0 Å². The van der Waals surface area contributed by atoms with Gasteiger partial charge in [-0.05, 0) is 49.5 Å². The van der Waals surface area contributed by atoms with E-state index in [1.165, 1.54) is 30.8 Å². The van der Waals surface area contributed by atoms with Crippen LogP contribution in [0.1, 0.15) is 31.7 Å². The van der Waals surface area contributed by atoms with Crippen molar-refractivity contribution in [3.63, 3.8) is 0 Å². The Balaban J connectivity index is 2.91. The van der Waals surface area contributed by atoms with Gasteiger partial charge in [-0.2, -0.15) is 11.8 Å². The van der Waals surface area contributed by atoms with Crippen LogP contribution in [0.4, 0.5) is 0 Å². The summed E-state index contributed by atoms with van der Waals surface area (Å²) in [5, 5.41) is 26.2. The topological polar surface area (TPSA) is 214 Å². The van der Waals surface area contributed by atoms with Crippen LogP contribution in [0.3, 0.4) is 0 Å². The van der Waals surface area contributed by atoms with E-state index in [1.54, 1.807) is 12.1 Å². The van der Waals surface area contributed by atoms with Crippen LogP contribution in [0.5, 0.6) is 5.75 Å². The van der Waals surface area contributed by atoms with Crippen molar-refractivity contribution in [3.8, 4) is 5.75 Å². The summed E-state index contributed by atoms with van der Waals surface area (Å²) in [6, 6.07) is 1.52. The number of aromatic hydroxyl groups is 1. The molecule has 4 unspecified atom stereocenters. The lowest BCUT2D eigenvalue weighted by Gasteiger charge is -2.23. The third-order valence-electron chi connectivity index (χ3n) is 5.02. The van der Waals surface area contributed by atoms with Gasteiger partial charge in [0.05, 0.1) is 6.04 Å². The molecule has 0 bridgehead atoms. The van der Waals surface area contributed by atoms with Crippen LogP contribution in [-0.2, 0) is 30.4 Å². The minimum absolute atomic E-state index is 0.0137. The fourth-order valence-electron chi connectivity index (χ4n) is 2.95. The molecular weight excluding hydrogens is 478 g/mol. The maximum absolute atomic E-state index is 13.0. The molecule has 0 aromatic heterocycles. The summed E-state index contributed by atoms with van der Waals surface area (Å²) in [5.74, 6) is -3.35. The quantitative estimate of drug-likeness (QED) is 0.151. The Hall–Kier alpha value is -3.32. The number of rotatable bonds is 15. The second-order valence-electron chi connectivity index (χ2n) is 7.95. The first-order valence-electron chi connectivity index (χ1n) is 10.9. The predicted molar refractivity (Wildman–Crippen MR) is 130 cm³/mol. The van der Waals surface area contributed by atoms with E-state index in [4.69, 9.17) is 11.5 Å². The first-order valence-corrected chi connectivity index (χ1v) is 12.3. The standard InChI is InChI=1S/C22H33N5O7S/c1-12(19(30)26-16(22(33)34)9-10-35-2)25-21(32)17(11-13-3-5-14(28)6-4-13)27-20(31)15(23)7-8-18(24)29/h3-6,12,15-17,28H,7-11,23H2,1-2H3,(H2,24,29)(H,25,32)(H,26,30)(H,27,31)(H,33,34). The summed E-state index contributed by atoms with van der Waals surface area (Å²) >= 11 is 1.44. The van der Waals surface area contributed by atoms with Crippen molar-refractivity contribution in [2.45, 2.75) is 56.8 Å². The van der Waals surface area contributed by atoms with Crippen molar-refractivity contribution in [3.05, 3.63) is 29.8 Å². The maximum Gasteiger partial charge on any atom is 0.326 e. The number of aliphatic carboxylic acids is 1. The lowest BCUT2D eigenvalue weighted by Crippen LogP contribution is -2.57. The molecule has 0 spiro atoms. The van der Waals surface area contributed by atoms with Crippen molar-refractivity contribution in [1.29, 1.82) is 0 Å². The first kappa shape index (κ1) is 29.7. The van der Waals surface area contributed by atoms with Crippen molar-refractivity contribution in [2.24, 2.45) is 11.5 Å². The monoisotopic (exact) mass is 511 g/mol. The summed E-state index contributed by atoms with van der Waals surface area (Å²) < 4.78 is 0. The first-order chi connectivity index (χ1) is 16.4. The molecule has 0 radical (unpaired) electrons. The highest BCUT2D eigenvalue weighted by Crippen LogP contribution is 2.12. The molecule has 0 saturated carbocycles. The zero-order valence-corrected chi connectivity index (χ0v) is 20.5. The SMILES string of the molecule is CSCCC(NC(=O)C(C)NC(=O)C(Cc1ccc(O)cc1)NC(=O)C(N)CCC(N)=O)C(=O)O. The molecule has 9 N–H and O–H groups in total. The average molecular weight is 512 g/mol. The minimum Gasteiger partial charge on any atom is -0.508 e. The van der Waals surface area contributed by atoms with Gasteiger partial charge in [0.2, 0.25) is 23.6 Å². The number of carboxylic acids is 1.